The molecule has 8 heteroatoms. The van der Waals surface area contributed by atoms with Gasteiger partial charge in [-0.3, -0.25) is 9.59 Å². The second kappa shape index (κ2) is 9.66. The molecule has 0 aliphatic rings. The molecule has 0 spiro atoms. The number of fused-ring (bicyclic) bond motifs is 1. The minimum atomic E-state index is -1.06. The normalized spacial score (nSPS) is 10.8. The molecule has 3 aromatic rings. The van der Waals surface area contributed by atoms with Crippen molar-refractivity contribution in [2.24, 2.45) is 5.73 Å². The fourth-order valence-corrected chi connectivity index (χ4v) is 3.84. The molecule has 0 atom stereocenters. The van der Waals surface area contributed by atoms with Crippen molar-refractivity contribution in [2.75, 3.05) is 13.2 Å². The molecular weight excluding hydrogens is 420 g/mol. The molecule has 0 fully saturated rings. The molecule has 0 bridgehead atoms. The molecule has 0 aliphatic carbocycles. The summed E-state index contributed by atoms with van der Waals surface area (Å²) in [4.78, 5) is 36.4. The van der Waals surface area contributed by atoms with Crippen molar-refractivity contribution < 1.29 is 23.9 Å². The lowest BCUT2D eigenvalue weighted by atomic mass is 9.99. The number of primary amides is 1. The van der Waals surface area contributed by atoms with Gasteiger partial charge in [-0.15, -0.1) is 0 Å². The summed E-state index contributed by atoms with van der Waals surface area (Å²) >= 11 is 6.14. The summed E-state index contributed by atoms with van der Waals surface area (Å²) in [5.74, 6) is -2.11. The highest BCUT2D eigenvalue weighted by Crippen LogP contribution is 2.33. The van der Waals surface area contributed by atoms with E-state index < -0.39 is 17.7 Å². The monoisotopic (exact) mass is 442 g/mol. The highest BCUT2D eigenvalue weighted by atomic mass is 35.5. The zero-order chi connectivity index (χ0) is 22.5. The molecular formula is C23H23ClN2O5. The van der Waals surface area contributed by atoms with Crippen LogP contribution in [0.2, 0.25) is 5.02 Å². The summed E-state index contributed by atoms with van der Waals surface area (Å²) in [6.07, 6.45) is 2.74. The standard InChI is InChI=1S/C23H23ClN2O5/c1-3-16-17(12-14-7-5-8-15(24)11-14)26-10-6-9-18(31-13-19(27)30-4-2)21(26)20(16)22(28)23(25)29/h5-11H,3-4,12-13H2,1-2H3,(H2,25,29). The van der Waals surface area contributed by atoms with Crippen LogP contribution in [0, 0.1) is 0 Å². The van der Waals surface area contributed by atoms with Crippen molar-refractivity contribution in [1.29, 1.82) is 0 Å². The van der Waals surface area contributed by atoms with Gasteiger partial charge in [0.05, 0.1) is 17.7 Å². The largest absolute Gasteiger partial charge is 0.480 e. The van der Waals surface area contributed by atoms with Crippen molar-refractivity contribution in [3.05, 3.63) is 70.0 Å². The average molecular weight is 443 g/mol. The molecule has 162 valence electrons. The van der Waals surface area contributed by atoms with Gasteiger partial charge in [0, 0.05) is 23.3 Å². The van der Waals surface area contributed by atoms with Gasteiger partial charge < -0.3 is 19.6 Å². The maximum Gasteiger partial charge on any atom is 0.344 e. The Morgan fingerprint density at radius 1 is 1.13 bits per heavy atom. The number of rotatable bonds is 9. The fraction of sp³-hybridized carbons (Fsp3) is 0.261. The van der Waals surface area contributed by atoms with Crippen molar-refractivity contribution in [1.82, 2.24) is 4.40 Å². The number of hydrogen-bond acceptors (Lipinski definition) is 5. The first-order valence-corrected chi connectivity index (χ1v) is 10.3. The van der Waals surface area contributed by atoms with Crippen LogP contribution in [-0.2, 0) is 27.2 Å². The number of Topliss-reactive ketones (excluding diaryl/α,β-unsaturated/α-hetero) is 1. The molecule has 0 unspecified atom stereocenters. The molecule has 1 aromatic carbocycles. The summed E-state index contributed by atoms with van der Waals surface area (Å²) < 4.78 is 12.4. The van der Waals surface area contributed by atoms with Crippen LogP contribution >= 0.6 is 11.6 Å². The molecule has 2 N–H and O–H groups in total. The van der Waals surface area contributed by atoms with Crippen molar-refractivity contribution >= 4 is 34.8 Å². The first-order chi connectivity index (χ1) is 14.9. The van der Waals surface area contributed by atoms with Crippen molar-refractivity contribution in [3.8, 4) is 5.75 Å². The molecule has 1 amide bonds. The first-order valence-electron chi connectivity index (χ1n) is 9.89. The van der Waals surface area contributed by atoms with Crippen LogP contribution in [0.1, 0.15) is 41.0 Å². The predicted octanol–water partition coefficient (Wildman–Crippen LogP) is 3.36. The minimum absolute atomic E-state index is 0.187. The van der Waals surface area contributed by atoms with Gasteiger partial charge in [-0.2, -0.15) is 0 Å². The third kappa shape index (κ3) is 4.72. The number of hydrogen-bond donors (Lipinski definition) is 1. The predicted molar refractivity (Wildman–Crippen MR) is 117 cm³/mol. The molecule has 2 heterocycles. The van der Waals surface area contributed by atoms with Crippen LogP contribution in [0.15, 0.2) is 42.6 Å². The van der Waals surface area contributed by atoms with E-state index in [4.69, 9.17) is 26.8 Å². The summed E-state index contributed by atoms with van der Waals surface area (Å²) in [6.45, 7) is 3.50. The Balaban J connectivity index is 2.19. The van der Waals surface area contributed by atoms with Gasteiger partial charge in [0.25, 0.3) is 11.7 Å². The van der Waals surface area contributed by atoms with Crippen molar-refractivity contribution in [3.63, 3.8) is 0 Å². The van der Waals surface area contributed by atoms with Gasteiger partial charge in [-0.25, -0.2) is 4.79 Å². The van der Waals surface area contributed by atoms with Crippen LogP contribution < -0.4 is 10.5 Å². The number of ketones is 1. The molecule has 0 aliphatic heterocycles. The zero-order valence-corrected chi connectivity index (χ0v) is 18.1. The SMILES string of the molecule is CCOC(=O)COc1cccn2c(Cc3cccc(Cl)c3)c(CC)c(C(=O)C(N)=O)c12. The average Bonchev–Trinajstić information content (AvgIpc) is 3.05. The summed E-state index contributed by atoms with van der Waals surface area (Å²) in [7, 11) is 0. The Bertz CT molecular complexity index is 1150. The topological polar surface area (TPSA) is 100 Å². The van der Waals surface area contributed by atoms with Gasteiger partial charge in [0.2, 0.25) is 0 Å². The van der Waals surface area contributed by atoms with E-state index in [1.807, 2.05) is 25.1 Å². The van der Waals surface area contributed by atoms with Gasteiger partial charge >= 0.3 is 5.97 Å². The highest BCUT2D eigenvalue weighted by Gasteiger charge is 2.28. The Labute approximate surface area is 184 Å². The molecule has 3 rings (SSSR count). The number of carbonyl (C=O) groups is 3. The summed E-state index contributed by atoms with van der Waals surface area (Å²) in [5.41, 5.74) is 8.37. The van der Waals surface area contributed by atoms with Gasteiger partial charge in [-0.1, -0.05) is 30.7 Å². The number of benzene rings is 1. The number of pyridine rings is 1. The third-order valence-corrected chi connectivity index (χ3v) is 5.09. The van der Waals surface area contributed by atoms with E-state index in [0.717, 1.165) is 11.3 Å². The van der Waals surface area contributed by atoms with Crippen LogP contribution in [0.4, 0.5) is 0 Å². The number of aromatic nitrogens is 1. The number of ether oxygens (including phenoxy) is 2. The molecule has 2 aromatic heterocycles. The Hall–Kier alpha value is -3.32. The van der Waals surface area contributed by atoms with E-state index in [-0.39, 0.29) is 24.5 Å². The maximum atomic E-state index is 12.8. The van der Waals surface area contributed by atoms with Crippen LogP contribution in [0.5, 0.6) is 5.75 Å². The number of nitrogens with zero attached hydrogens (tertiary/aromatic N) is 1. The maximum absolute atomic E-state index is 12.8. The van der Waals surface area contributed by atoms with E-state index >= 15 is 0 Å². The molecule has 0 radical (unpaired) electrons. The molecule has 0 saturated heterocycles. The smallest absolute Gasteiger partial charge is 0.344 e. The quantitative estimate of drug-likeness (QED) is 0.311. The van der Waals surface area contributed by atoms with Crippen LogP contribution in [0.25, 0.3) is 5.52 Å². The lowest BCUT2D eigenvalue weighted by Crippen LogP contribution is -2.24. The Morgan fingerprint density at radius 3 is 2.55 bits per heavy atom. The molecule has 0 saturated carbocycles. The van der Waals surface area contributed by atoms with E-state index in [1.54, 1.807) is 35.7 Å². The number of amides is 1. The van der Waals surface area contributed by atoms with Crippen LogP contribution in [-0.4, -0.2) is 35.3 Å². The summed E-state index contributed by atoms with van der Waals surface area (Å²) in [6, 6.07) is 10.8. The number of carbonyl (C=O) groups excluding carboxylic acids is 3. The second-order valence-electron chi connectivity index (χ2n) is 6.84. The van der Waals surface area contributed by atoms with Gasteiger partial charge in [-0.05, 0) is 48.7 Å². The highest BCUT2D eigenvalue weighted by molar-refractivity contribution is 6.44. The Kier molecular flexibility index (Phi) is 6.97. The lowest BCUT2D eigenvalue weighted by Gasteiger charge is -2.10. The van der Waals surface area contributed by atoms with Crippen LogP contribution in [0.3, 0.4) is 0 Å². The number of halogens is 1. The number of esters is 1. The van der Waals surface area contributed by atoms with Crippen molar-refractivity contribution in [2.45, 2.75) is 26.7 Å². The van der Waals surface area contributed by atoms with E-state index in [2.05, 4.69) is 0 Å². The van der Waals surface area contributed by atoms with Gasteiger partial charge in [0.1, 0.15) is 5.75 Å². The minimum Gasteiger partial charge on any atom is -0.480 e. The third-order valence-electron chi connectivity index (χ3n) is 4.85. The van der Waals surface area contributed by atoms with E-state index in [1.165, 1.54) is 0 Å². The van der Waals surface area contributed by atoms with E-state index in [0.29, 0.717) is 28.9 Å². The molecule has 7 nitrogen and oxygen atoms in total. The summed E-state index contributed by atoms with van der Waals surface area (Å²) in [5, 5.41) is 0.600. The first kappa shape index (κ1) is 22.4. The second-order valence-corrected chi connectivity index (χ2v) is 7.28. The fourth-order valence-electron chi connectivity index (χ4n) is 3.63. The number of nitrogens with two attached hydrogens (primary N) is 1. The van der Waals surface area contributed by atoms with E-state index in [9.17, 15) is 14.4 Å². The zero-order valence-electron chi connectivity index (χ0n) is 17.3. The molecule has 31 heavy (non-hydrogen) atoms. The Morgan fingerprint density at radius 2 is 1.90 bits per heavy atom. The lowest BCUT2D eigenvalue weighted by molar-refractivity contribution is -0.145. The van der Waals surface area contributed by atoms with Gasteiger partial charge in [0.15, 0.2) is 6.61 Å².